The Labute approximate surface area is 118 Å². The fourth-order valence-corrected chi connectivity index (χ4v) is 2.30. The van der Waals surface area contributed by atoms with Crippen molar-refractivity contribution in [3.05, 3.63) is 53.6 Å². The Morgan fingerprint density at radius 1 is 1.10 bits per heavy atom. The first-order chi connectivity index (χ1) is 9.40. The van der Waals surface area contributed by atoms with Crippen LogP contribution in [0.5, 0.6) is 11.5 Å². The van der Waals surface area contributed by atoms with Crippen LogP contribution < -0.4 is 4.74 Å². The number of nitrogens with zero attached hydrogens (tertiary/aromatic N) is 1. The summed E-state index contributed by atoms with van der Waals surface area (Å²) in [7, 11) is -3.34. The lowest BCUT2D eigenvalue weighted by Gasteiger charge is -2.08. The Morgan fingerprint density at radius 2 is 1.75 bits per heavy atom. The molecule has 2 rings (SSSR count). The van der Waals surface area contributed by atoms with Crippen LogP contribution in [-0.4, -0.2) is 14.7 Å². The number of hydrogen-bond donors (Lipinski definition) is 0. The molecule has 0 amide bonds. The van der Waals surface area contributed by atoms with Crippen molar-refractivity contribution in [1.82, 2.24) is 0 Å². The quantitative estimate of drug-likeness (QED) is 0.870. The van der Waals surface area contributed by atoms with Gasteiger partial charge >= 0.3 is 0 Å². The second-order valence-electron chi connectivity index (χ2n) is 4.46. The molecule has 20 heavy (non-hydrogen) atoms. The highest BCUT2D eigenvalue weighted by atomic mass is 32.2. The van der Waals surface area contributed by atoms with E-state index in [1.54, 1.807) is 12.1 Å². The third-order valence-electron chi connectivity index (χ3n) is 2.75. The molecule has 0 N–H and O–H groups in total. The van der Waals surface area contributed by atoms with Crippen LogP contribution in [0, 0.1) is 18.3 Å². The van der Waals surface area contributed by atoms with Crippen LogP contribution >= 0.6 is 0 Å². The van der Waals surface area contributed by atoms with E-state index in [2.05, 4.69) is 0 Å². The number of rotatable bonds is 3. The van der Waals surface area contributed by atoms with E-state index in [0.717, 1.165) is 11.8 Å². The van der Waals surface area contributed by atoms with Crippen LogP contribution in [0.4, 0.5) is 0 Å². The first-order valence-electron chi connectivity index (χ1n) is 5.89. The van der Waals surface area contributed by atoms with Gasteiger partial charge < -0.3 is 4.74 Å². The van der Waals surface area contributed by atoms with Gasteiger partial charge in [-0.05, 0) is 37.3 Å². The summed E-state index contributed by atoms with van der Waals surface area (Å²) in [5.74, 6) is 0.933. The third kappa shape index (κ3) is 3.16. The number of sulfone groups is 1. The molecule has 0 spiro atoms. The van der Waals surface area contributed by atoms with E-state index in [1.807, 2.05) is 25.1 Å². The summed E-state index contributed by atoms with van der Waals surface area (Å²) in [6.45, 7) is 1.96. The van der Waals surface area contributed by atoms with Crippen molar-refractivity contribution in [1.29, 1.82) is 5.26 Å². The molecule has 0 fully saturated rings. The van der Waals surface area contributed by atoms with Gasteiger partial charge in [0.15, 0.2) is 9.84 Å². The van der Waals surface area contributed by atoms with E-state index in [4.69, 9.17) is 10.00 Å². The highest BCUT2D eigenvalue weighted by Crippen LogP contribution is 2.27. The molecule has 2 aromatic carbocycles. The molecule has 0 aromatic heterocycles. The van der Waals surface area contributed by atoms with Crippen LogP contribution in [-0.2, 0) is 9.84 Å². The smallest absolute Gasteiger partial charge is 0.175 e. The first kappa shape index (κ1) is 14.1. The van der Waals surface area contributed by atoms with E-state index in [-0.39, 0.29) is 10.5 Å². The fraction of sp³-hybridized carbons (Fsp3) is 0.133. The fourth-order valence-electron chi connectivity index (χ4n) is 1.65. The molecule has 0 heterocycles. The number of benzene rings is 2. The zero-order valence-corrected chi connectivity index (χ0v) is 11.9. The van der Waals surface area contributed by atoms with Crippen LogP contribution in [0.2, 0.25) is 0 Å². The predicted molar refractivity (Wildman–Crippen MR) is 75.5 cm³/mol. The SMILES string of the molecule is Cc1ccc(Oc2ccc(S(C)(=O)=O)cc2C#N)cc1. The van der Waals surface area contributed by atoms with Gasteiger partial charge in [0.25, 0.3) is 0 Å². The van der Waals surface area contributed by atoms with Crippen LogP contribution in [0.15, 0.2) is 47.4 Å². The Balaban J connectivity index is 2.38. The molecule has 0 atom stereocenters. The molecule has 0 saturated carbocycles. The third-order valence-corrected chi connectivity index (χ3v) is 3.86. The van der Waals surface area contributed by atoms with Crippen LogP contribution in [0.1, 0.15) is 11.1 Å². The van der Waals surface area contributed by atoms with Gasteiger partial charge in [-0.2, -0.15) is 5.26 Å². The molecule has 0 saturated heterocycles. The lowest BCUT2D eigenvalue weighted by Crippen LogP contribution is -1.98. The van der Waals surface area contributed by atoms with E-state index in [9.17, 15) is 8.42 Å². The van der Waals surface area contributed by atoms with Crippen molar-refractivity contribution in [2.75, 3.05) is 6.26 Å². The molecule has 0 aliphatic heterocycles. The van der Waals surface area contributed by atoms with E-state index >= 15 is 0 Å². The zero-order valence-electron chi connectivity index (χ0n) is 11.1. The van der Waals surface area contributed by atoms with E-state index < -0.39 is 9.84 Å². The Bertz CT molecular complexity index is 772. The summed E-state index contributed by atoms with van der Waals surface area (Å²) in [5.41, 5.74) is 1.29. The van der Waals surface area contributed by atoms with Crippen LogP contribution in [0.3, 0.4) is 0 Å². The molecule has 4 nitrogen and oxygen atoms in total. The van der Waals surface area contributed by atoms with Crippen molar-refractivity contribution in [3.8, 4) is 17.6 Å². The Kier molecular flexibility index (Phi) is 3.77. The maximum absolute atomic E-state index is 11.5. The van der Waals surface area contributed by atoms with Crippen molar-refractivity contribution in [2.24, 2.45) is 0 Å². The molecule has 0 radical (unpaired) electrons. The molecule has 2 aromatic rings. The van der Waals surface area contributed by atoms with Gasteiger partial charge in [-0.1, -0.05) is 17.7 Å². The molecule has 0 unspecified atom stereocenters. The van der Waals surface area contributed by atoms with Crippen molar-refractivity contribution < 1.29 is 13.2 Å². The summed E-state index contributed by atoms with van der Waals surface area (Å²) < 4.78 is 28.5. The second-order valence-corrected chi connectivity index (χ2v) is 6.47. The van der Waals surface area contributed by atoms with Gasteiger partial charge in [0.2, 0.25) is 0 Å². The summed E-state index contributed by atoms with van der Waals surface area (Å²) in [4.78, 5) is 0.102. The predicted octanol–water partition coefficient (Wildman–Crippen LogP) is 3.06. The number of ether oxygens (including phenoxy) is 1. The minimum atomic E-state index is -3.34. The highest BCUT2D eigenvalue weighted by Gasteiger charge is 2.12. The van der Waals surface area contributed by atoms with Crippen LogP contribution in [0.25, 0.3) is 0 Å². The number of hydrogen-bond acceptors (Lipinski definition) is 4. The van der Waals surface area contributed by atoms with Crippen molar-refractivity contribution in [3.63, 3.8) is 0 Å². The summed E-state index contributed by atoms with van der Waals surface area (Å²) in [5, 5.41) is 9.11. The average molecular weight is 287 g/mol. The van der Waals surface area contributed by atoms with Gasteiger partial charge in [0.05, 0.1) is 10.5 Å². The minimum Gasteiger partial charge on any atom is -0.456 e. The summed E-state index contributed by atoms with van der Waals surface area (Å²) in [6.07, 6.45) is 1.10. The maximum Gasteiger partial charge on any atom is 0.175 e. The Hall–Kier alpha value is -2.32. The van der Waals surface area contributed by atoms with Crippen molar-refractivity contribution >= 4 is 9.84 Å². The normalized spacial score (nSPS) is 10.8. The van der Waals surface area contributed by atoms with Gasteiger partial charge in [-0.15, -0.1) is 0 Å². The molecular formula is C15H13NO3S. The second kappa shape index (κ2) is 5.35. The van der Waals surface area contributed by atoms with E-state index in [0.29, 0.717) is 11.5 Å². The van der Waals surface area contributed by atoms with Gasteiger partial charge in [0, 0.05) is 6.26 Å². The minimum absolute atomic E-state index is 0.102. The molecule has 0 bridgehead atoms. The monoisotopic (exact) mass is 287 g/mol. The molecular weight excluding hydrogens is 274 g/mol. The largest absolute Gasteiger partial charge is 0.456 e. The Morgan fingerprint density at radius 3 is 2.30 bits per heavy atom. The van der Waals surface area contributed by atoms with Gasteiger partial charge in [-0.25, -0.2) is 8.42 Å². The average Bonchev–Trinajstić information content (AvgIpc) is 2.40. The molecule has 5 heteroatoms. The molecule has 102 valence electrons. The summed E-state index contributed by atoms with van der Waals surface area (Å²) in [6, 6.07) is 13.6. The topological polar surface area (TPSA) is 67.2 Å². The van der Waals surface area contributed by atoms with E-state index in [1.165, 1.54) is 18.2 Å². The maximum atomic E-state index is 11.5. The van der Waals surface area contributed by atoms with Crippen molar-refractivity contribution in [2.45, 2.75) is 11.8 Å². The molecule has 0 aliphatic rings. The standard InChI is InChI=1S/C15H13NO3S/c1-11-3-5-13(6-4-11)19-15-8-7-14(20(2,17)18)9-12(15)10-16/h3-9H,1-2H3. The highest BCUT2D eigenvalue weighted by molar-refractivity contribution is 7.90. The lowest BCUT2D eigenvalue weighted by molar-refractivity contribution is 0.480. The van der Waals surface area contributed by atoms with Gasteiger partial charge in [0.1, 0.15) is 17.6 Å². The number of nitriles is 1. The molecule has 0 aliphatic carbocycles. The number of aryl methyl sites for hydroxylation is 1. The zero-order chi connectivity index (χ0) is 14.8. The lowest BCUT2D eigenvalue weighted by atomic mass is 10.2. The van der Waals surface area contributed by atoms with Gasteiger partial charge in [-0.3, -0.25) is 0 Å². The summed E-state index contributed by atoms with van der Waals surface area (Å²) >= 11 is 0. The first-order valence-corrected chi connectivity index (χ1v) is 7.78.